The van der Waals surface area contributed by atoms with Crippen molar-refractivity contribution in [2.75, 3.05) is 6.54 Å². The van der Waals surface area contributed by atoms with Crippen LogP contribution in [0.25, 0.3) is 0 Å². The van der Waals surface area contributed by atoms with Crippen molar-refractivity contribution < 1.29 is 0 Å². The molecule has 1 rings (SSSR count). The minimum absolute atomic E-state index is 0.707. The van der Waals surface area contributed by atoms with Crippen LogP contribution in [0.15, 0.2) is 5.38 Å². The molecule has 0 unspecified atom stereocenters. The summed E-state index contributed by atoms with van der Waals surface area (Å²) in [6, 6.07) is 0. The lowest BCUT2D eigenvalue weighted by molar-refractivity contribution is 0.547. The van der Waals surface area contributed by atoms with E-state index in [4.69, 9.17) is 0 Å². The molecule has 0 fully saturated rings. The van der Waals surface area contributed by atoms with E-state index >= 15 is 0 Å². The zero-order valence-corrected chi connectivity index (χ0v) is 11.7. The summed E-state index contributed by atoms with van der Waals surface area (Å²) >= 11 is 1.80. The van der Waals surface area contributed by atoms with Crippen LogP contribution >= 0.6 is 11.3 Å². The van der Waals surface area contributed by atoms with E-state index in [1.54, 1.807) is 11.3 Å². The minimum atomic E-state index is 0.707. The Balaban J connectivity index is 2.28. The molecule has 0 aliphatic carbocycles. The van der Waals surface area contributed by atoms with E-state index in [0.29, 0.717) is 5.92 Å². The molecule has 1 aromatic heterocycles. The SMILES string of the molecule is CC(C)CCc1nc(CNCC(C)C)cs1. The molecule has 0 amide bonds. The van der Waals surface area contributed by atoms with Gasteiger partial charge in [0.25, 0.3) is 0 Å². The van der Waals surface area contributed by atoms with Gasteiger partial charge < -0.3 is 5.32 Å². The molecule has 1 N–H and O–H groups in total. The summed E-state index contributed by atoms with van der Waals surface area (Å²) in [6.07, 6.45) is 2.37. The van der Waals surface area contributed by atoms with E-state index in [9.17, 15) is 0 Å². The Hall–Kier alpha value is -0.410. The van der Waals surface area contributed by atoms with Crippen LogP contribution in [-0.4, -0.2) is 11.5 Å². The van der Waals surface area contributed by atoms with Gasteiger partial charge >= 0.3 is 0 Å². The summed E-state index contributed by atoms with van der Waals surface area (Å²) in [5.74, 6) is 1.48. The van der Waals surface area contributed by atoms with Crippen LogP contribution in [0.3, 0.4) is 0 Å². The second-order valence-electron chi connectivity index (χ2n) is 5.19. The molecule has 1 aromatic rings. The lowest BCUT2D eigenvalue weighted by atomic mass is 10.1. The molecule has 0 spiro atoms. The van der Waals surface area contributed by atoms with Crippen molar-refractivity contribution in [3.63, 3.8) is 0 Å². The molecule has 0 aromatic carbocycles. The number of nitrogens with one attached hydrogen (secondary N) is 1. The highest BCUT2D eigenvalue weighted by Crippen LogP contribution is 2.14. The van der Waals surface area contributed by atoms with Gasteiger partial charge in [-0.2, -0.15) is 0 Å². The fourth-order valence-corrected chi connectivity index (χ4v) is 2.26. The monoisotopic (exact) mass is 240 g/mol. The number of hydrogen-bond acceptors (Lipinski definition) is 3. The number of aryl methyl sites for hydroxylation is 1. The molecule has 2 nitrogen and oxygen atoms in total. The Morgan fingerprint density at radius 3 is 2.62 bits per heavy atom. The van der Waals surface area contributed by atoms with Crippen LogP contribution in [0.5, 0.6) is 0 Å². The Kier molecular flexibility index (Phi) is 5.99. The third-order valence-corrected chi connectivity index (χ3v) is 3.35. The number of aromatic nitrogens is 1. The standard InChI is InChI=1S/C13H24N2S/c1-10(2)5-6-13-15-12(9-16-13)8-14-7-11(3)4/h9-11,14H,5-8H2,1-4H3. The van der Waals surface area contributed by atoms with Crippen LogP contribution in [-0.2, 0) is 13.0 Å². The third-order valence-electron chi connectivity index (χ3n) is 2.39. The number of rotatable bonds is 7. The zero-order valence-electron chi connectivity index (χ0n) is 10.9. The summed E-state index contributed by atoms with van der Waals surface area (Å²) in [5.41, 5.74) is 1.20. The number of nitrogens with zero attached hydrogens (tertiary/aromatic N) is 1. The molecule has 0 atom stereocenters. The summed E-state index contributed by atoms with van der Waals surface area (Å²) in [5, 5.41) is 6.89. The van der Waals surface area contributed by atoms with E-state index in [1.165, 1.54) is 17.1 Å². The minimum Gasteiger partial charge on any atom is -0.311 e. The molecular weight excluding hydrogens is 216 g/mol. The predicted octanol–water partition coefficient (Wildman–Crippen LogP) is 3.48. The maximum Gasteiger partial charge on any atom is 0.0928 e. The molecule has 0 saturated carbocycles. The van der Waals surface area contributed by atoms with E-state index in [0.717, 1.165) is 25.4 Å². The normalized spacial score (nSPS) is 11.6. The molecule has 0 saturated heterocycles. The summed E-state index contributed by atoms with van der Waals surface area (Å²) in [4.78, 5) is 4.64. The van der Waals surface area contributed by atoms with Gasteiger partial charge in [-0.3, -0.25) is 0 Å². The summed E-state index contributed by atoms with van der Waals surface area (Å²) in [6.45, 7) is 11.0. The molecule has 92 valence electrons. The molecule has 0 aliphatic rings. The van der Waals surface area contributed by atoms with Crippen LogP contribution in [0, 0.1) is 11.8 Å². The van der Waals surface area contributed by atoms with Gasteiger partial charge in [0.2, 0.25) is 0 Å². The van der Waals surface area contributed by atoms with Crippen LogP contribution in [0.2, 0.25) is 0 Å². The molecule has 0 bridgehead atoms. The van der Waals surface area contributed by atoms with E-state index in [-0.39, 0.29) is 0 Å². The maximum absolute atomic E-state index is 4.64. The topological polar surface area (TPSA) is 24.9 Å². The van der Waals surface area contributed by atoms with Crippen molar-refractivity contribution in [1.82, 2.24) is 10.3 Å². The first kappa shape index (κ1) is 13.7. The van der Waals surface area contributed by atoms with Crippen LogP contribution < -0.4 is 5.32 Å². The first-order chi connectivity index (χ1) is 7.58. The lowest BCUT2D eigenvalue weighted by Crippen LogP contribution is -2.19. The van der Waals surface area contributed by atoms with Gasteiger partial charge in [-0.05, 0) is 31.2 Å². The quantitative estimate of drug-likeness (QED) is 0.789. The largest absolute Gasteiger partial charge is 0.311 e. The van der Waals surface area contributed by atoms with Gasteiger partial charge in [-0.25, -0.2) is 4.98 Å². The number of hydrogen-bond donors (Lipinski definition) is 1. The van der Waals surface area contributed by atoms with Crippen molar-refractivity contribution in [3.8, 4) is 0 Å². The van der Waals surface area contributed by atoms with Crippen molar-refractivity contribution in [3.05, 3.63) is 16.1 Å². The van der Waals surface area contributed by atoms with Gasteiger partial charge in [0.05, 0.1) is 10.7 Å². The average Bonchev–Trinajstić information content (AvgIpc) is 2.62. The number of thiazole rings is 1. The van der Waals surface area contributed by atoms with Crippen molar-refractivity contribution in [1.29, 1.82) is 0 Å². The maximum atomic E-state index is 4.64. The molecule has 0 radical (unpaired) electrons. The Bertz CT molecular complexity index is 292. The Morgan fingerprint density at radius 2 is 2.00 bits per heavy atom. The summed E-state index contributed by atoms with van der Waals surface area (Å²) in [7, 11) is 0. The Labute approximate surface area is 103 Å². The molecule has 0 aliphatic heterocycles. The van der Waals surface area contributed by atoms with Gasteiger partial charge in [-0.15, -0.1) is 11.3 Å². The fourth-order valence-electron chi connectivity index (χ4n) is 1.45. The lowest BCUT2D eigenvalue weighted by Gasteiger charge is -2.04. The molecule has 3 heteroatoms. The van der Waals surface area contributed by atoms with Gasteiger partial charge in [-0.1, -0.05) is 27.7 Å². The smallest absolute Gasteiger partial charge is 0.0928 e. The summed E-state index contributed by atoms with van der Waals surface area (Å²) < 4.78 is 0. The van der Waals surface area contributed by atoms with Crippen LogP contribution in [0.1, 0.15) is 44.8 Å². The zero-order chi connectivity index (χ0) is 12.0. The Morgan fingerprint density at radius 1 is 1.25 bits per heavy atom. The predicted molar refractivity (Wildman–Crippen MR) is 71.8 cm³/mol. The molecule has 1 heterocycles. The van der Waals surface area contributed by atoms with Gasteiger partial charge in [0.1, 0.15) is 0 Å². The van der Waals surface area contributed by atoms with Crippen molar-refractivity contribution in [2.45, 2.75) is 47.1 Å². The highest BCUT2D eigenvalue weighted by molar-refractivity contribution is 7.09. The van der Waals surface area contributed by atoms with Gasteiger partial charge in [0, 0.05) is 11.9 Å². The average molecular weight is 240 g/mol. The molecule has 16 heavy (non-hydrogen) atoms. The third kappa shape index (κ3) is 5.61. The van der Waals surface area contributed by atoms with Gasteiger partial charge in [0.15, 0.2) is 0 Å². The van der Waals surface area contributed by atoms with E-state index in [1.807, 2.05) is 0 Å². The highest BCUT2D eigenvalue weighted by Gasteiger charge is 2.03. The highest BCUT2D eigenvalue weighted by atomic mass is 32.1. The van der Waals surface area contributed by atoms with Crippen molar-refractivity contribution in [2.24, 2.45) is 11.8 Å². The first-order valence-electron chi connectivity index (χ1n) is 6.22. The molecular formula is C13H24N2S. The van der Waals surface area contributed by atoms with E-state index < -0.39 is 0 Å². The van der Waals surface area contributed by atoms with E-state index in [2.05, 4.69) is 43.4 Å². The van der Waals surface area contributed by atoms with Crippen molar-refractivity contribution >= 4 is 11.3 Å². The second kappa shape index (κ2) is 7.02. The first-order valence-corrected chi connectivity index (χ1v) is 7.10. The second-order valence-corrected chi connectivity index (χ2v) is 6.13. The van der Waals surface area contributed by atoms with Crippen LogP contribution in [0.4, 0.5) is 0 Å². The fraction of sp³-hybridized carbons (Fsp3) is 0.769.